The predicted octanol–water partition coefficient (Wildman–Crippen LogP) is 3.20. The van der Waals surface area contributed by atoms with E-state index in [2.05, 4.69) is 11.6 Å². The lowest BCUT2D eigenvalue weighted by atomic mass is 9.86. The van der Waals surface area contributed by atoms with E-state index in [0.717, 1.165) is 11.1 Å². The Morgan fingerprint density at radius 1 is 1.28 bits per heavy atom. The first-order chi connectivity index (χ1) is 8.66. The molecule has 1 N–H and O–H groups in total. The van der Waals surface area contributed by atoms with E-state index in [1.807, 2.05) is 49.4 Å². The van der Waals surface area contributed by atoms with Crippen molar-refractivity contribution in [3.8, 4) is 0 Å². The fraction of sp³-hybridized carbons (Fsp3) is 0.188. The highest BCUT2D eigenvalue weighted by Crippen LogP contribution is 2.32. The Morgan fingerprint density at radius 2 is 2.11 bits per heavy atom. The minimum absolute atomic E-state index is 0.438. The summed E-state index contributed by atoms with van der Waals surface area (Å²) in [5, 5.41) is 10.9. The molecule has 2 rings (SSSR count). The van der Waals surface area contributed by atoms with Crippen molar-refractivity contribution in [2.24, 2.45) is 0 Å². The van der Waals surface area contributed by atoms with Crippen LogP contribution in [-0.4, -0.2) is 10.1 Å². The zero-order chi connectivity index (χ0) is 13.0. The first-order valence-corrected chi connectivity index (χ1v) is 5.99. The molecule has 18 heavy (non-hydrogen) atoms. The molecule has 1 heterocycles. The summed E-state index contributed by atoms with van der Waals surface area (Å²) in [5.74, 6) is 0. The van der Waals surface area contributed by atoms with Gasteiger partial charge in [0, 0.05) is 12.6 Å². The van der Waals surface area contributed by atoms with Crippen LogP contribution in [-0.2, 0) is 5.60 Å². The van der Waals surface area contributed by atoms with E-state index in [-0.39, 0.29) is 0 Å². The molecule has 2 heteroatoms. The third kappa shape index (κ3) is 2.34. The van der Waals surface area contributed by atoms with Gasteiger partial charge >= 0.3 is 0 Å². The number of benzene rings is 1. The van der Waals surface area contributed by atoms with Gasteiger partial charge in [0.05, 0.1) is 5.69 Å². The molecule has 0 amide bonds. The highest BCUT2D eigenvalue weighted by Gasteiger charge is 2.31. The number of hydrogen-bond acceptors (Lipinski definition) is 2. The van der Waals surface area contributed by atoms with Gasteiger partial charge in [0.1, 0.15) is 5.60 Å². The molecule has 1 unspecified atom stereocenters. The second kappa shape index (κ2) is 5.15. The smallest absolute Gasteiger partial charge is 0.135 e. The van der Waals surface area contributed by atoms with Crippen molar-refractivity contribution in [1.82, 2.24) is 4.98 Å². The Labute approximate surface area is 108 Å². The van der Waals surface area contributed by atoms with Crippen molar-refractivity contribution in [3.63, 3.8) is 0 Å². The molecule has 0 radical (unpaired) electrons. The van der Waals surface area contributed by atoms with E-state index >= 15 is 0 Å². The van der Waals surface area contributed by atoms with Crippen molar-refractivity contribution in [1.29, 1.82) is 0 Å². The summed E-state index contributed by atoms with van der Waals surface area (Å²) in [6.07, 6.45) is 3.85. The largest absolute Gasteiger partial charge is 0.378 e. The zero-order valence-electron chi connectivity index (χ0n) is 10.5. The van der Waals surface area contributed by atoms with Crippen LogP contribution < -0.4 is 0 Å². The Balaban J connectivity index is 2.54. The quantitative estimate of drug-likeness (QED) is 0.831. The number of pyridine rings is 1. The molecule has 0 bridgehead atoms. The highest BCUT2D eigenvalue weighted by molar-refractivity contribution is 5.35. The Kier molecular flexibility index (Phi) is 3.58. The lowest BCUT2D eigenvalue weighted by Gasteiger charge is -2.27. The van der Waals surface area contributed by atoms with Gasteiger partial charge in [-0.1, -0.05) is 42.0 Å². The minimum Gasteiger partial charge on any atom is -0.378 e. The van der Waals surface area contributed by atoms with Gasteiger partial charge in [-0.3, -0.25) is 4.98 Å². The first-order valence-electron chi connectivity index (χ1n) is 5.99. The summed E-state index contributed by atoms with van der Waals surface area (Å²) in [7, 11) is 0. The van der Waals surface area contributed by atoms with E-state index < -0.39 is 5.60 Å². The van der Waals surface area contributed by atoms with Gasteiger partial charge in [-0.15, -0.1) is 6.58 Å². The van der Waals surface area contributed by atoms with Gasteiger partial charge < -0.3 is 5.11 Å². The molecule has 0 aliphatic rings. The van der Waals surface area contributed by atoms with Crippen LogP contribution in [0.25, 0.3) is 0 Å². The van der Waals surface area contributed by atoms with Gasteiger partial charge in [0.15, 0.2) is 0 Å². The molecule has 1 aromatic carbocycles. The Hall–Kier alpha value is -1.93. The number of rotatable bonds is 4. The normalized spacial score (nSPS) is 13.9. The molecule has 0 saturated heterocycles. The van der Waals surface area contributed by atoms with Crippen LogP contribution in [0.1, 0.15) is 23.2 Å². The third-order valence-corrected chi connectivity index (χ3v) is 3.02. The lowest BCUT2D eigenvalue weighted by Crippen LogP contribution is -2.27. The van der Waals surface area contributed by atoms with Crippen LogP contribution in [0.2, 0.25) is 0 Å². The number of hydrogen-bond donors (Lipinski definition) is 1. The second-order valence-corrected chi connectivity index (χ2v) is 4.44. The van der Waals surface area contributed by atoms with Crippen LogP contribution in [0, 0.1) is 6.92 Å². The number of aromatic nitrogens is 1. The third-order valence-electron chi connectivity index (χ3n) is 3.02. The van der Waals surface area contributed by atoms with Crippen molar-refractivity contribution in [3.05, 3.63) is 78.1 Å². The summed E-state index contributed by atoms with van der Waals surface area (Å²) in [6, 6.07) is 13.4. The molecule has 0 spiro atoms. The zero-order valence-corrected chi connectivity index (χ0v) is 10.5. The molecular formula is C16H17NO. The minimum atomic E-state index is -1.10. The summed E-state index contributed by atoms with van der Waals surface area (Å²) >= 11 is 0. The molecule has 92 valence electrons. The maximum Gasteiger partial charge on any atom is 0.135 e. The van der Waals surface area contributed by atoms with E-state index in [4.69, 9.17) is 0 Å². The van der Waals surface area contributed by atoms with Gasteiger partial charge in [-0.05, 0) is 24.6 Å². The van der Waals surface area contributed by atoms with Crippen LogP contribution in [0.3, 0.4) is 0 Å². The Morgan fingerprint density at radius 3 is 2.72 bits per heavy atom. The average molecular weight is 239 g/mol. The van der Waals surface area contributed by atoms with Gasteiger partial charge in [-0.25, -0.2) is 0 Å². The molecule has 1 aromatic heterocycles. The molecule has 2 nitrogen and oxygen atoms in total. The molecule has 1 atom stereocenters. The fourth-order valence-corrected chi connectivity index (χ4v) is 2.09. The topological polar surface area (TPSA) is 33.1 Å². The summed E-state index contributed by atoms with van der Waals surface area (Å²) in [5.41, 5.74) is 1.51. The van der Waals surface area contributed by atoms with Gasteiger partial charge in [0.2, 0.25) is 0 Å². The maximum atomic E-state index is 10.9. The Bertz CT molecular complexity index is 536. The van der Waals surface area contributed by atoms with Crippen molar-refractivity contribution >= 4 is 0 Å². The van der Waals surface area contributed by atoms with Crippen LogP contribution >= 0.6 is 0 Å². The SMILES string of the molecule is C=CCC(O)(c1cccc(C)c1)c1ccccn1. The van der Waals surface area contributed by atoms with Crippen LogP contribution in [0.5, 0.6) is 0 Å². The maximum absolute atomic E-state index is 10.9. The lowest BCUT2D eigenvalue weighted by molar-refractivity contribution is 0.0794. The van der Waals surface area contributed by atoms with Crippen molar-refractivity contribution < 1.29 is 5.11 Å². The average Bonchev–Trinajstić information content (AvgIpc) is 2.40. The molecule has 0 saturated carbocycles. The first kappa shape index (κ1) is 12.5. The van der Waals surface area contributed by atoms with Gasteiger partial charge in [-0.2, -0.15) is 0 Å². The van der Waals surface area contributed by atoms with Crippen LogP contribution in [0.4, 0.5) is 0 Å². The van der Waals surface area contributed by atoms with Gasteiger partial charge in [0.25, 0.3) is 0 Å². The number of aliphatic hydroxyl groups is 1. The summed E-state index contributed by atoms with van der Waals surface area (Å²) < 4.78 is 0. The molecule has 0 aliphatic heterocycles. The van der Waals surface area contributed by atoms with E-state index in [9.17, 15) is 5.11 Å². The van der Waals surface area contributed by atoms with E-state index in [1.165, 1.54) is 0 Å². The standard InChI is InChI=1S/C16H17NO/c1-3-10-16(18,15-9-4-5-11-17-15)14-8-6-7-13(2)12-14/h3-9,11-12,18H,1,10H2,2H3. The second-order valence-electron chi connectivity index (χ2n) is 4.44. The summed E-state index contributed by atoms with van der Waals surface area (Å²) in [6.45, 7) is 5.74. The molecule has 0 fully saturated rings. The molecular weight excluding hydrogens is 222 g/mol. The van der Waals surface area contributed by atoms with Crippen molar-refractivity contribution in [2.75, 3.05) is 0 Å². The molecule has 0 aliphatic carbocycles. The van der Waals surface area contributed by atoms with E-state index in [1.54, 1.807) is 12.3 Å². The monoisotopic (exact) mass is 239 g/mol. The van der Waals surface area contributed by atoms with Crippen molar-refractivity contribution in [2.45, 2.75) is 18.9 Å². The van der Waals surface area contributed by atoms with Crippen LogP contribution in [0.15, 0.2) is 61.3 Å². The van der Waals surface area contributed by atoms with E-state index in [0.29, 0.717) is 12.1 Å². The predicted molar refractivity (Wildman–Crippen MR) is 73.2 cm³/mol. The number of nitrogens with zero attached hydrogens (tertiary/aromatic N) is 1. The molecule has 2 aromatic rings. The fourth-order valence-electron chi connectivity index (χ4n) is 2.09. The number of aryl methyl sites for hydroxylation is 1. The highest BCUT2D eigenvalue weighted by atomic mass is 16.3. The summed E-state index contributed by atoms with van der Waals surface area (Å²) in [4.78, 5) is 4.28.